The average Bonchev–Trinajstić information content (AvgIpc) is 2.36. The van der Waals surface area contributed by atoms with Gasteiger partial charge in [0.15, 0.2) is 0 Å². The Labute approximate surface area is 109 Å². The largest absolute Gasteiger partial charge is 0.279 e. The Balaban J connectivity index is 2.65. The number of hydrogen-bond acceptors (Lipinski definition) is 3. The summed E-state index contributed by atoms with van der Waals surface area (Å²) in [6.45, 7) is 4.37. The van der Waals surface area contributed by atoms with Gasteiger partial charge in [0.05, 0.1) is 0 Å². The molecule has 0 fully saturated rings. The number of unbranched alkanes of at least 4 members (excludes halogenated alkanes) is 1. The molecule has 0 aliphatic carbocycles. The van der Waals surface area contributed by atoms with Crippen LogP contribution < -0.4 is 4.72 Å². The summed E-state index contributed by atoms with van der Waals surface area (Å²) < 4.78 is 28.0. The first-order chi connectivity index (χ1) is 8.47. The third kappa shape index (κ3) is 4.36. The zero-order chi connectivity index (χ0) is 13.6. The summed E-state index contributed by atoms with van der Waals surface area (Å²) in [5.74, 6) is 0. The van der Waals surface area contributed by atoms with Crippen molar-refractivity contribution < 1.29 is 8.42 Å². The van der Waals surface area contributed by atoms with Crippen molar-refractivity contribution in [3.8, 4) is 0 Å². The monoisotopic (exact) mass is 271 g/mol. The summed E-state index contributed by atoms with van der Waals surface area (Å²) in [4.78, 5) is 3.98. The highest BCUT2D eigenvalue weighted by molar-refractivity contribution is 7.87. The molecule has 6 heteroatoms. The van der Waals surface area contributed by atoms with Crippen molar-refractivity contribution in [1.82, 2.24) is 14.0 Å². The highest BCUT2D eigenvalue weighted by atomic mass is 32.2. The van der Waals surface area contributed by atoms with Crippen LogP contribution >= 0.6 is 0 Å². The normalized spacial score (nSPS) is 13.8. The number of rotatable bonds is 7. The SMILES string of the molecule is CCCCN(C)S(=O)(=O)N[C@@H](C)c1cccnc1. The first-order valence-electron chi connectivity index (χ1n) is 6.11. The van der Waals surface area contributed by atoms with Crippen molar-refractivity contribution in [3.05, 3.63) is 30.1 Å². The predicted octanol–water partition coefficient (Wildman–Crippen LogP) is 1.71. The second kappa shape index (κ2) is 6.82. The van der Waals surface area contributed by atoms with E-state index in [-0.39, 0.29) is 6.04 Å². The molecule has 5 nitrogen and oxygen atoms in total. The molecule has 1 rings (SSSR count). The van der Waals surface area contributed by atoms with Crippen LogP contribution in [0.5, 0.6) is 0 Å². The van der Waals surface area contributed by atoms with E-state index in [0.29, 0.717) is 6.54 Å². The maximum absolute atomic E-state index is 12.0. The lowest BCUT2D eigenvalue weighted by Crippen LogP contribution is -2.39. The van der Waals surface area contributed by atoms with Crippen molar-refractivity contribution in [2.45, 2.75) is 32.7 Å². The van der Waals surface area contributed by atoms with E-state index in [2.05, 4.69) is 9.71 Å². The van der Waals surface area contributed by atoms with Crippen LogP contribution in [-0.4, -0.2) is 31.3 Å². The molecule has 0 spiro atoms. The molecule has 0 saturated carbocycles. The van der Waals surface area contributed by atoms with E-state index in [9.17, 15) is 8.42 Å². The molecule has 1 aromatic heterocycles. The standard InChI is InChI=1S/C12H21N3O2S/c1-4-5-9-15(3)18(16,17)14-11(2)12-7-6-8-13-10-12/h6-8,10-11,14H,4-5,9H2,1-3H3/t11-/m0/s1. The van der Waals surface area contributed by atoms with E-state index in [4.69, 9.17) is 0 Å². The van der Waals surface area contributed by atoms with Crippen molar-refractivity contribution in [2.24, 2.45) is 0 Å². The minimum absolute atomic E-state index is 0.284. The van der Waals surface area contributed by atoms with Crippen LogP contribution in [0.25, 0.3) is 0 Å². The average molecular weight is 271 g/mol. The molecule has 0 unspecified atom stereocenters. The molecule has 0 aliphatic heterocycles. The van der Waals surface area contributed by atoms with Crippen LogP contribution in [0.1, 0.15) is 38.3 Å². The third-order valence-electron chi connectivity index (χ3n) is 2.75. The minimum Gasteiger partial charge on any atom is -0.264 e. The summed E-state index contributed by atoms with van der Waals surface area (Å²) in [6.07, 6.45) is 5.16. The van der Waals surface area contributed by atoms with Crippen LogP contribution in [0.4, 0.5) is 0 Å². The lowest BCUT2D eigenvalue weighted by Gasteiger charge is -2.21. The number of aromatic nitrogens is 1. The van der Waals surface area contributed by atoms with Crippen LogP contribution in [0.15, 0.2) is 24.5 Å². The second-order valence-corrected chi connectivity index (χ2v) is 6.12. The van der Waals surface area contributed by atoms with Crippen molar-refractivity contribution in [1.29, 1.82) is 0 Å². The quantitative estimate of drug-likeness (QED) is 0.821. The van der Waals surface area contributed by atoms with Gasteiger partial charge in [0.2, 0.25) is 0 Å². The fourth-order valence-corrected chi connectivity index (χ4v) is 2.65. The summed E-state index contributed by atoms with van der Waals surface area (Å²) >= 11 is 0. The molecule has 18 heavy (non-hydrogen) atoms. The van der Waals surface area contributed by atoms with Gasteiger partial charge in [-0.2, -0.15) is 17.4 Å². The molecule has 1 aromatic rings. The highest BCUT2D eigenvalue weighted by Crippen LogP contribution is 2.12. The molecule has 0 amide bonds. The Morgan fingerprint density at radius 3 is 2.78 bits per heavy atom. The summed E-state index contributed by atoms with van der Waals surface area (Å²) in [6, 6.07) is 3.36. The lowest BCUT2D eigenvalue weighted by molar-refractivity contribution is 0.442. The van der Waals surface area contributed by atoms with Gasteiger partial charge in [0, 0.05) is 32.0 Å². The smallest absolute Gasteiger partial charge is 0.264 e. The Kier molecular flexibility index (Phi) is 5.71. The molecule has 102 valence electrons. The minimum atomic E-state index is -3.42. The van der Waals surface area contributed by atoms with E-state index in [1.165, 1.54) is 4.31 Å². The van der Waals surface area contributed by atoms with Gasteiger partial charge < -0.3 is 0 Å². The molecule has 0 saturated heterocycles. The van der Waals surface area contributed by atoms with Gasteiger partial charge in [-0.15, -0.1) is 0 Å². The van der Waals surface area contributed by atoms with Gasteiger partial charge in [0.1, 0.15) is 0 Å². The van der Waals surface area contributed by atoms with Crippen LogP contribution in [0.2, 0.25) is 0 Å². The van der Waals surface area contributed by atoms with Gasteiger partial charge in [-0.3, -0.25) is 4.98 Å². The van der Waals surface area contributed by atoms with E-state index in [0.717, 1.165) is 18.4 Å². The van der Waals surface area contributed by atoms with Gasteiger partial charge >= 0.3 is 0 Å². The molecule has 0 aromatic carbocycles. The maximum Gasteiger partial charge on any atom is 0.279 e. The van der Waals surface area contributed by atoms with Crippen molar-refractivity contribution in [2.75, 3.05) is 13.6 Å². The summed E-state index contributed by atoms with van der Waals surface area (Å²) in [5.41, 5.74) is 0.852. The maximum atomic E-state index is 12.0. The molecule has 1 N–H and O–H groups in total. The van der Waals surface area contributed by atoms with Crippen LogP contribution in [0, 0.1) is 0 Å². The number of nitrogens with zero attached hydrogens (tertiary/aromatic N) is 2. The highest BCUT2D eigenvalue weighted by Gasteiger charge is 2.20. The zero-order valence-corrected chi connectivity index (χ0v) is 11.9. The molecule has 0 bridgehead atoms. The van der Waals surface area contributed by atoms with Crippen LogP contribution in [0.3, 0.4) is 0 Å². The Hall–Kier alpha value is -0.980. The van der Waals surface area contributed by atoms with Crippen molar-refractivity contribution >= 4 is 10.2 Å². The Morgan fingerprint density at radius 1 is 1.50 bits per heavy atom. The van der Waals surface area contributed by atoms with Gasteiger partial charge in [0.25, 0.3) is 10.2 Å². The summed E-state index contributed by atoms with van der Waals surface area (Å²) in [7, 11) is -1.83. The third-order valence-corrected chi connectivity index (χ3v) is 4.40. The molecule has 1 atom stereocenters. The lowest BCUT2D eigenvalue weighted by atomic mass is 10.2. The molecular weight excluding hydrogens is 250 g/mol. The number of pyridine rings is 1. The zero-order valence-electron chi connectivity index (χ0n) is 11.1. The van der Waals surface area contributed by atoms with E-state index >= 15 is 0 Å². The summed E-state index contributed by atoms with van der Waals surface area (Å²) in [5, 5.41) is 0. The Morgan fingerprint density at radius 2 is 2.22 bits per heavy atom. The van der Waals surface area contributed by atoms with E-state index < -0.39 is 10.2 Å². The van der Waals surface area contributed by atoms with Gasteiger partial charge in [-0.25, -0.2) is 0 Å². The van der Waals surface area contributed by atoms with E-state index in [1.54, 1.807) is 25.5 Å². The second-order valence-electron chi connectivity index (χ2n) is 4.31. The predicted molar refractivity (Wildman–Crippen MR) is 72.2 cm³/mol. The first kappa shape index (κ1) is 15.1. The number of nitrogens with one attached hydrogen (secondary N) is 1. The number of hydrogen-bond donors (Lipinski definition) is 1. The Bertz CT molecular complexity index is 448. The van der Waals surface area contributed by atoms with E-state index in [1.807, 2.05) is 19.9 Å². The topological polar surface area (TPSA) is 62.3 Å². The first-order valence-corrected chi connectivity index (χ1v) is 7.55. The molecule has 0 radical (unpaired) electrons. The molecule has 1 heterocycles. The van der Waals surface area contributed by atoms with Gasteiger partial charge in [-0.05, 0) is 25.0 Å². The fourth-order valence-electron chi connectivity index (χ4n) is 1.51. The molecule has 0 aliphatic rings. The van der Waals surface area contributed by atoms with Crippen LogP contribution in [-0.2, 0) is 10.2 Å². The van der Waals surface area contributed by atoms with Crippen molar-refractivity contribution in [3.63, 3.8) is 0 Å². The molecular formula is C12H21N3O2S. The fraction of sp³-hybridized carbons (Fsp3) is 0.583. The van der Waals surface area contributed by atoms with Gasteiger partial charge in [-0.1, -0.05) is 19.4 Å².